The van der Waals surface area contributed by atoms with Gasteiger partial charge in [-0.1, -0.05) is 6.92 Å². The second kappa shape index (κ2) is 15.8. The molecule has 1 aromatic rings. The second-order valence-corrected chi connectivity index (χ2v) is 8.53. The number of amides is 4. The zero-order valence-electron chi connectivity index (χ0n) is 21.2. The Balaban J connectivity index is 2.90. The maximum absolute atomic E-state index is 12.9. The number of benzene rings is 1. The van der Waals surface area contributed by atoms with Crippen molar-refractivity contribution in [3.63, 3.8) is 0 Å². The minimum absolute atomic E-state index is 0.0318. The van der Waals surface area contributed by atoms with Crippen LogP contribution in [0.25, 0.3) is 0 Å². The lowest BCUT2D eigenvalue weighted by Crippen LogP contribution is -2.51. The van der Waals surface area contributed by atoms with Crippen LogP contribution >= 0.6 is 0 Å². The van der Waals surface area contributed by atoms with E-state index in [2.05, 4.69) is 16.0 Å². The fourth-order valence-corrected chi connectivity index (χ4v) is 3.16. The standard InChI is InChI=1S/C23H34N6O9/c1-13(21(33)26-12-19(30)31)8-10-38-18-7-6-15(29(36)37)11-16(18)23(35)27-14(2)22(34)28-17(20(25)32)5-3-4-9-24/h6-7,11,13-14,17H,3-5,8-10,12,24H2,1-2H3,(H2,25,32)(H,26,33)(H,27,35)(H,28,34)(H,30,31)/t13-,14?,17?/m0/s1. The molecule has 0 aliphatic carbocycles. The van der Waals surface area contributed by atoms with E-state index in [9.17, 15) is 34.1 Å². The molecule has 4 amide bonds. The summed E-state index contributed by atoms with van der Waals surface area (Å²) in [5.74, 6) is -4.62. The quantitative estimate of drug-likeness (QED) is 0.0836. The van der Waals surface area contributed by atoms with Crippen molar-refractivity contribution in [2.75, 3.05) is 19.7 Å². The first-order valence-corrected chi connectivity index (χ1v) is 11.9. The molecule has 0 bridgehead atoms. The summed E-state index contributed by atoms with van der Waals surface area (Å²) in [4.78, 5) is 70.2. The molecule has 0 saturated carbocycles. The lowest BCUT2D eigenvalue weighted by atomic mass is 10.1. The first kappa shape index (κ1) is 31.8. The normalized spacial score (nSPS) is 12.9. The van der Waals surface area contributed by atoms with E-state index >= 15 is 0 Å². The van der Waals surface area contributed by atoms with E-state index in [1.165, 1.54) is 13.0 Å². The fraction of sp³-hybridized carbons (Fsp3) is 0.522. The van der Waals surface area contributed by atoms with Gasteiger partial charge in [-0.15, -0.1) is 0 Å². The Bertz CT molecular complexity index is 1030. The van der Waals surface area contributed by atoms with Crippen molar-refractivity contribution in [2.45, 2.75) is 51.6 Å². The summed E-state index contributed by atoms with van der Waals surface area (Å²) >= 11 is 0. The van der Waals surface area contributed by atoms with Crippen molar-refractivity contribution in [1.29, 1.82) is 0 Å². The summed E-state index contributed by atoms with van der Waals surface area (Å²) in [6, 6.07) is 1.23. The van der Waals surface area contributed by atoms with E-state index in [1.54, 1.807) is 6.92 Å². The Hall–Kier alpha value is -4.27. The van der Waals surface area contributed by atoms with Gasteiger partial charge in [0.15, 0.2) is 0 Å². The van der Waals surface area contributed by atoms with Gasteiger partial charge in [-0.2, -0.15) is 0 Å². The number of carboxylic acid groups (broad SMARTS) is 1. The summed E-state index contributed by atoms with van der Waals surface area (Å²) in [5.41, 5.74) is 10.1. The third-order valence-electron chi connectivity index (χ3n) is 5.44. The Labute approximate surface area is 218 Å². The molecule has 0 radical (unpaired) electrons. The van der Waals surface area contributed by atoms with Gasteiger partial charge < -0.3 is 37.3 Å². The lowest BCUT2D eigenvalue weighted by molar-refractivity contribution is -0.384. The third kappa shape index (κ3) is 10.8. The Morgan fingerprint density at radius 2 is 1.76 bits per heavy atom. The second-order valence-electron chi connectivity index (χ2n) is 8.53. The molecule has 8 N–H and O–H groups in total. The number of nitro benzene ring substituents is 1. The number of carbonyl (C=O) groups is 5. The summed E-state index contributed by atoms with van der Waals surface area (Å²) in [7, 11) is 0. The fourth-order valence-electron chi connectivity index (χ4n) is 3.16. The van der Waals surface area contributed by atoms with E-state index in [0.29, 0.717) is 19.4 Å². The molecule has 0 aliphatic heterocycles. The summed E-state index contributed by atoms with van der Waals surface area (Å²) in [5, 5.41) is 27.0. The van der Waals surface area contributed by atoms with Gasteiger partial charge in [-0.3, -0.25) is 34.1 Å². The highest BCUT2D eigenvalue weighted by molar-refractivity contribution is 6.00. The van der Waals surface area contributed by atoms with E-state index in [1.807, 2.05) is 0 Å². The third-order valence-corrected chi connectivity index (χ3v) is 5.44. The number of nitrogens with one attached hydrogen (secondary N) is 3. The SMILES string of the molecule is CC(NC(=O)c1cc([N+](=O)[O-])ccc1OCC[C@H](C)C(=O)NCC(=O)O)C(=O)NC(CCCCN)C(N)=O. The van der Waals surface area contributed by atoms with Crippen molar-refractivity contribution >= 4 is 35.3 Å². The maximum Gasteiger partial charge on any atom is 0.322 e. The van der Waals surface area contributed by atoms with Crippen LogP contribution in [-0.4, -0.2) is 71.4 Å². The van der Waals surface area contributed by atoms with Crippen LogP contribution in [0.5, 0.6) is 5.75 Å². The van der Waals surface area contributed by atoms with Crippen LogP contribution < -0.4 is 32.2 Å². The number of primary amides is 1. The van der Waals surface area contributed by atoms with Crippen molar-refractivity contribution < 1.29 is 38.7 Å². The van der Waals surface area contributed by atoms with Gasteiger partial charge in [-0.05, 0) is 45.2 Å². The predicted molar refractivity (Wildman–Crippen MR) is 134 cm³/mol. The van der Waals surface area contributed by atoms with Crippen molar-refractivity contribution in [2.24, 2.45) is 17.4 Å². The maximum atomic E-state index is 12.9. The van der Waals surface area contributed by atoms with Gasteiger partial charge in [0.2, 0.25) is 17.7 Å². The van der Waals surface area contributed by atoms with Crippen LogP contribution in [0.3, 0.4) is 0 Å². The van der Waals surface area contributed by atoms with E-state index in [-0.39, 0.29) is 30.8 Å². The highest BCUT2D eigenvalue weighted by Gasteiger charge is 2.25. The molecule has 0 saturated heterocycles. The Morgan fingerprint density at radius 3 is 2.34 bits per heavy atom. The van der Waals surface area contributed by atoms with E-state index in [0.717, 1.165) is 12.1 Å². The summed E-state index contributed by atoms with van der Waals surface area (Å²) in [6.45, 7) is 2.73. The number of nitro groups is 1. The number of rotatable bonds is 17. The molecular weight excluding hydrogens is 504 g/mol. The number of nitrogens with two attached hydrogens (primary N) is 2. The average Bonchev–Trinajstić information content (AvgIpc) is 2.86. The predicted octanol–water partition coefficient (Wildman–Crippen LogP) is -0.582. The molecule has 210 valence electrons. The van der Waals surface area contributed by atoms with E-state index in [4.69, 9.17) is 21.3 Å². The van der Waals surface area contributed by atoms with Crippen LogP contribution in [0.2, 0.25) is 0 Å². The number of unbranched alkanes of at least 4 members (excludes halogenated alkanes) is 1. The molecule has 0 aromatic heterocycles. The number of nitrogens with zero attached hydrogens (tertiary/aromatic N) is 1. The molecule has 3 atom stereocenters. The minimum Gasteiger partial charge on any atom is -0.493 e. The molecule has 15 nitrogen and oxygen atoms in total. The molecular formula is C23H34N6O9. The van der Waals surface area contributed by atoms with Gasteiger partial charge in [0.1, 0.15) is 24.4 Å². The molecule has 38 heavy (non-hydrogen) atoms. The number of ether oxygens (including phenoxy) is 1. The van der Waals surface area contributed by atoms with Crippen LogP contribution in [0.15, 0.2) is 18.2 Å². The van der Waals surface area contributed by atoms with Crippen LogP contribution in [0.4, 0.5) is 5.69 Å². The number of hydrogen-bond donors (Lipinski definition) is 6. The van der Waals surface area contributed by atoms with Crippen molar-refractivity contribution in [3.05, 3.63) is 33.9 Å². The first-order valence-electron chi connectivity index (χ1n) is 11.9. The summed E-state index contributed by atoms with van der Waals surface area (Å²) < 4.78 is 5.58. The molecule has 0 fully saturated rings. The monoisotopic (exact) mass is 538 g/mol. The van der Waals surface area contributed by atoms with Gasteiger partial charge in [0.05, 0.1) is 17.1 Å². The minimum atomic E-state index is -1.19. The van der Waals surface area contributed by atoms with Crippen molar-refractivity contribution in [1.82, 2.24) is 16.0 Å². The largest absolute Gasteiger partial charge is 0.493 e. The van der Waals surface area contributed by atoms with Crippen LogP contribution in [-0.2, 0) is 19.2 Å². The topological polar surface area (TPSA) is 246 Å². The lowest BCUT2D eigenvalue weighted by Gasteiger charge is -2.20. The summed E-state index contributed by atoms with van der Waals surface area (Å²) in [6.07, 6.45) is 1.61. The number of carboxylic acids is 1. The van der Waals surface area contributed by atoms with Gasteiger partial charge in [0, 0.05) is 18.1 Å². The molecule has 0 aliphatic rings. The van der Waals surface area contributed by atoms with Crippen molar-refractivity contribution in [3.8, 4) is 5.75 Å². The molecule has 0 spiro atoms. The highest BCUT2D eigenvalue weighted by atomic mass is 16.6. The van der Waals surface area contributed by atoms with Crippen LogP contribution in [0.1, 0.15) is 49.9 Å². The molecule has 2 unspecified atom stereocenters. The van der Waals surface area contributed by atoms with Gasteiger partial charge in [-0.25, -0.2) is 0 Å². The molecule has 15 heteroatoms. The van der Waals surface area contributed by atoms with Crippen LogP contribution in [0, 0.1) is 16.0 Å². The highest BCUT2D eigenvalue weighted by Crippen LogP contribution is 2.25. The Kier molecular flexibility index (Phi) is 13.2. The number of non-ortho nitro benzene ring substituents is 1. The number of aliphatic carboxylic acids is 1. The van der Waals surface area contributed by atoms with E-state index < -0.39 is 64.8 Å². The average molecular weight is 539 g/mol. The molecule has 1 rings (SSSR count). The van der Waals surface area contributed by atoms with Gasteiger partial charge >= 0.3 is 5.97 Å². The zero-order valence-corrected chi connectivity index (χ0v) is 21.2. The number of hydrogen-bond acceptors (Lipinski definition) is 9. The molecule has 1 aromatic carbocycles. The molecule has 0 heterocycles. The number of carbonyl (C=O) groups excluding carboxylic acids is 4. The Morgan fingerprint density at radius 1 is 1.08 bits per heavy atom. The first-order chi connectivity index (χ1) is 17.9. The smallest absolute Gasteiger partial charge is 0.322 e. The van der Waals surface area contributed by atoms with Gasteiger partial charge in [0.25, 0.3) is 11.6 Å². The zero-order chi connectivity index (χ0) is 28.8.